The third-order valence-electron chi connectivity index (χ3n) is 4.55. The topological polar surface area (TPSA) is 82.7 Å². The summed E-state index contributed by atoms with van der Waals surface area (Å²) in [6, 6.07) is 14.2. The summed E-state index contributed by atoms with van der Waals surface area (Å²) >= 11 is 0. The van der Waals surface area contributed by atoms with Crippen LogP contribution in [-0.4, -0.2) is 39.5 Å². The Bertz CT molecular complexity index is 1040. The summed E-state index contributed by atoms with van der Waals surface area (Å²) < 4.78 is 13.9. The molecule has 0 bridgehead atoms. The number of esters is 1. The molecule has 2 aromatic carbocycles. The van der Waals surface area contributed by atoms with Crippen molar-refractivity contribution in [2.75, 3.05) is 13.2 Å². The van der Waals surface area contributed by atoms with Crippen molar-refractivity contribution in [2.45, 2.75) is 39.5 Å². The van der Waals surface area contributed by atoms with Crippen LogP contribution in [0, 0.1) is 0 Å². The fraction of sp³-hybridized carbons (Fsp3) is 0.364. The zero-order chi connectivity index (χ0) is 20.8. The number of benzene rings is 2. The second kappa shape index (κ2) is 9.43. The Labute approximate surface area is 169 Å². The maximum absolute atomic E-state index is 12.8. The van der Waals surface area contributed by atoms with Crippen LogP contribution in [0.3, 0.4) is 0 Å². The SMILES string of the molecule is CCCn1c(=O)n(C[C@@H](O)COc2cccc(C(=O)OCC)c2)c2ccccc21. The maximum atomic E-state index is 12.8. The van der Waals surface area contributed by atoms with Gasteiger partial charge in [0.1, 0.15) is 18.5 Å². The number of nitrogens with zero attached hydrogens (tertiary/aromatic N) is 2. The minimum Gasteiger partial charge on any atom is -0.491 e. The van der Waals surface area contributed by atoms with Crippen molar-refractivity contribution in [1.82, 2.24) is 9.13 Å². The van der Waals surface area contributed by atoms with E-state index >= 15 is 0 Å². The van der Waals surface area contributed by atoms with Crippen LogP contribution >= 0.6 is 0 Å². The number of aryl methyl sites for hydroxylation is 1. The lowest BCUT2D eigenvalue weighted by Crippen LogP contribution is -2.31. The van der Waals surface area contributed by atoms with E-state index < -0.39 is 12.1 Å². The summed E-state index contributed by atoms with van der Waals surface area (Å²) in [4.78, 5) is 24.6. The Morgan fingerprint density at radius 3 is 2.48 bits per heavy atom. The van der Waals surface area contributed by atoms with Gasteiger partial charge in [-0.05, 0) is 43.7 Å². The molecule has 0 fully saturated rings. The molecule has 1 aromatic heterocycles. The molecule has 3 rings (SSSR count). The Kier molecular flexibility index (Phi) is 6.72. The molecule has 0 aliphatic carbocycles. The first kappa shape index (κ1) is 20.7. The van der Waals surface area contributed by atoms with Gasteiger partial charge in [0.2, 0.25) is 0 Å². The molecule has 3 aromatic rings. The summed E-state index contributed by atoms with van der Waals surface area (Å²) in [7, 11) is 0. The van der Waals surface area contributed by atoms with Gasteiger partial charge in [0.15, 0.2) is 0 Å². The summed E-state index contributed by atoms with van der Waals surface area (Å²) in [5.74, 6) is 0.0316. The Balaban J connectivity index is 1.71. The van der Waals surface area contributed by atoms with Gasteiger partial charge in [0, 0.05) is 6.54 Å². The van der Waals surface area contributed by atoms with Crippen LogP contribution in [0.25, 0.3) is 11.0 Å². The minimum atomic E-state index is -0.889. The molecule has 1 N–H and O–H groups in total. The zero-order valence-corrected chi connectivity index (χ0v) is 16.7. The monoisotopic (exact) mass is 398 g/mol. The maximum Gasteiger partial charge on any atom is 0.338 e. The van der Waals surface area contributed by atoms with Crippen LogP contribution in [-0.2, 0) is 17.8 Å². The Morgan fingerprint density at radius 1 is 1.07 bits per heavy atom. The van der Waals surface area contributed by atoms with Gasteiger partial charge in [-0.25, -0.2) is 9.59 Å². The fourth-order valence-corrected chi connectivity index (χ4v) is 3.27. The predicted octanol–water partition coefficient (Wildman–Crippen LogP) is 2.83. The van der Waals surface area contributed by atoms with E-state index in [1.54, 1.807) is 40.3 Å². The highest BCUT2D eigenvalue weighted by atomic mass is 16.5. The number of hydrogen-bond acceptors (Lipinski definition) is 5. The van der Waals surface area contributed by atoms with Crippen LogP contribution in [0.2, 0.25) is 0 Å². The molecule has 7 heteroatoms. The van der Waals surface area contributed by atoms with Gasteiger partial charge in [0.05, 0.1) is 29.7 Å². The molecule has 154 valence electrons. The summed E-state index contributed by atoms with van der Waals surface area (Å²) in [5.41, 5.74) is 1.89. The van der Waals surface area contributed by atoms with Gasteiger partial charge in [-0.15, -0.1) is 0 Å². The van der Waals surface area contributed by atoms with Crippen LogP contribution in [0.4, 0.5) is 0 Å². The molecule has 0 spiro atoms. The van der Waals surface area contributed by atoms with E-state index in [9.17, 15) is 14.7 Å². The van der Waals surface area contributed by atoms with Crippen LogP contribution in [0.15, 0.2) is 53.3 Å². The molecule has 1 atom stereocenters. The van der Waals surface area contributed by atoms with Crippen molar-refractivity contribution in [1.29, 1.82) is 0 Å². The Hall–Kier alpha value is -3.06. The molecular weight excluding hydrogens is 372 g/mol. The predicted molar refractivity (Wildman–Crippen MR) is 110 cm³/mol. The number of carbonyl (C=O) groups excluding carboxylic acids is 1. The van der Waals surface area contributed by atoms with Gasteiger partial charge < -0.3 is 14.6 Å². The number of aromatic nitrogens is 2. The number of ether oxygens (including phenoxy) is 2. The molecular formula is C22H26N2O5. The third-order valence-corrected chi connectivity index (χ3v) is 4.55. The largest absolute Gasteiger partial charge is 0.491 e. The van der Waals surface area contributed by atoms with E-state index in [2.05, 4.69) is 0 Å². The minimum absolute atomic E-state index is 0.00793. The van der Waals surface area contributed by atoms with Crippen molar-refractivity contribution < 1.29 is 19.4 Å². The highest BCUT2D eigenvalue weighted by molar-refractivity contribution is 5.89. The first-order valence-corrected chi connectivity index (χ1v) is 9.81. The molecule has 7 nitrogen and oxygen atoms in total. The number of fused-ring (bicyclic) bond motifs is 1. The van der Waals surface area contributed by atoms with E-state index in [0.717, 1.165) is 17.5 Å². The van der Waals surface area contributed by atoms with Gasteiger partial charge in [0.25, 0.3) is 0 Å². The molecule has 0 saturated heterocycles. The molecule has 0 unspecified atom stereocenters. The average Bonchev–Trinajstić information content (AvgIpc) is 2.99. The lowest BCUT2D eigenvalue weighted by Gasteiger charge is -2.13. The van der Waals surface area contributed by atoms with Crippen molar-refractivity contribution in [3.8, 4) is 5.75 Å². The van der Waals surface area contributed by atoms with E-state index in [0.29, 0.717) is 24.5 Å². The van der Waals surface area contributed by atoms with Gasteiger partial charge in [-0.3, -0.25) is 9.13 Å². The molecule has 29 heavy (non-hydrogen) atoms. The first-order chi connectivity index (χ1) is 14.0. The normalized spacial score (nSPS) is 12.1. The molecule has 0 amide bonds. The first-order valence-electron chi connectivity index (χ1n) is 9.81. The van der Waals surface area contributed by atoms with Crippen LogP contribution < -0.4 is 10.4 Å². The highest BCUT2D eigenvalue weighted by Crippen LogP contribution is 2.16. The zero-order valence-electron chi connectivity index (χ0n) is 16.7. The van der Waals surface area contributed by atoms with Crippen LogP contribution in [0.1, 0.15) is 30.6 Å². The Morgan fingerprint density at radius 2 is 1.79 bits per heavy atom. The summed E-state index contributed by atoms with van der Waals surface area (Å²) in [6.07, 6.45) is -0.0454. The van der Waals surface area contributed by atoms with Crippen LogP contribution in [0.5, 0.6) is 5.75 Å². The second-order valence-corrected chi connectivity index (χ2v) is 6.75. The van der Waals surface area contributed by atoms with Crippen molar-refractivity contribution >= 4 is 17.0 Å². The smallest absolute Gasteiger partial charge is 0.338 e. The number of aliphatic hydroxyl groups is 1. The lowest BCUT2D eigenvalue weighted by molar-refractivity contribution is 0.0525. The number of imidazole rings is 1. The van der Waals surface area contributed by atoms with E-state index in [-0.39, 0.29) is 18.8 Å². The number of aliphatic hydroxyl groups excluding tert-OH is 1. The number of rotatable bonds is 9. The molecule has 0 saturated carbocycles. The van der Waals surface area contributed by atoms with Gasteiger partial charge >= 0.3 is 11.7 Å². The number of carbonyl (C=O) groups is 1. The summed E-state index contributed by atoms with van der Waals surface area (Å²) in [5, 5.41) is 10.5. The second-order valence-electron chi connectivity index (χ2n) is 6.75. The quantitative estimate of drug-likeness (QED) is 0.561. The lowest BCUT2D eigenvalue weighted by atomic mass is 10.2. The number of hydrogen-bond donors (Lipinski definition) is 1. The molecule has 0 aliphatic heterocycles. The van der Waals surface area contributed by atoms with Crippen molar-refractivity contribution in [3.63, 3.8) is 0 Å². The molecule has 0 radical (unpaired) electrons. The number of para-hydroxylation sites is 2. The standard InChI is InChI=1S/C22H26N2O5/c1-3-12-23-19-10-5-6-11-20(19)24(22(23)27)14-17(25)15-29-18-9-7-8-16(13-18)21(26)28-4-2/h5-11,13,17,25H,3-4,12,14-15H2,1-2H3/t17-/m1/s1. The van der Waals surface area contributed by atoms with E-state index in [1.165, 1.54) is 0 Å². The van der Waals surface area contributed by atoms with Gasteiger partial charge in [-0.1, -0.05) is 25.1 Å². The highest BCUT2D eigenvalue weighted by Gasteiger charge is 2.16. The van der Waals surface area contributed by atoms with Crippen molar-refractivity contribution in [2.24, 2.45) is 0 Å². The average molecular weight is 398 g/mol. The van der Waals surface area contributed by atoms with Crippen molar-refractivity contribution in [3.05, 3.63) is 64.6 Å². The van der Waals surface area contributed by atoms with E-state index in [1.807, 2.05) is 31.2 Å². The molecule has 1 heterocycles. The third kappa shape index (κ3) is 4.68. The van der Waals surface area contributed by atoms with E-state index in [4.69, 9.17) is 9.47 Å². The van der Waals surface area contributed by atoms with Gasteiger partial charge in [-0.2, -0.15) is 0 Å². The summed E-state index contributed by atoms with van der Waals surface area (Å²) in [6.45, 7) is 4.79. The fourth-order valence-electron chi connectivity index (χ4n) is 3.27. The molecule has 0 aliphatic rings.